The minimum absolute atomic E-state index is 0.00472. The standard InChI is InChI=1S/C9H17NO2S/c11-13(12,9-4-1-5-9)7-8-3-2-6-10-8/h8-10H,1-7H2. The maximum Gasteiger partial charge on any atom is 0.154 e. The fourth-order valence-corrected chi connectivity index (χ4v) is 4.21. The number of hydrogen-bond donors (Lipinski definition) is 1. The van der Waals surface area contributed by atoms with Crippen LogP contribution in [-0.2, 0) is 9.84 Å². The second-order valence-corrected chi connectivity index (χ2v) is 6.50. The molecule has 1 unspecified atom stereocenters. The van der Waals surface area contributed by atoms with Crippen LogP contribution in [0.1, 0.15) is 32.1 Å². The number of hydrogen-bond acceptors (Lipinski definition) is 3. The van der Waals surface area contributed by atoms with Crippen LogP contribution >= 0.6 is 0 Å². The molecule has 4 heteroatoms. The van der Waals surface area contributed by atoms with Gasteiger partial charge in [0.2, 0.25) is 0 Å². The van der Waals surface area contributed by atoms with E-state index in [0.717, 1.165) is 38.6 Å². The fourth-order valence-electron chi connectivity index (χ4n) is 2.05. The molecule has 1 N–H and O–H groups in total. The van der Waals surface area contributed by atoms with Crippen LogP contribution in [0.2, 0.25) is 0 Å². The Hall–Kier alpha value is -0.0900. The zero-order valence-electron chi connectivity index (χ0n) is 7.83. The predicted molar refractivity (Wildman–Crippen MR) is 52.5 cm³/mol. The van der Waals surface area contributed by atoms with Gasteiger partial charge in [0.05, 0.1) is 11.0 Å². The molecule has 0 aromatic rings. The molecule has 1 aliphatic heterocycles. The molecule has 2 aliphatic rings. The van der Waals surface area contributed by atoms with E-state index in [4.69, 9.17) is 0 Å². The van der Waals surface area contributed by atoms with Gasteiger partial charge in [-0.1, -0.05) is 6.42 Å². The molecule has 13 heavy (non-hydrogen) atoms. The summed E-state index contributed by atoms with van der Waals surface area (Å²) in [6, 6.07) is 0.241. The van der Waals surface area contributed by atoms with Gasteiger partial charge in [0.15, 0.2) is 9.84 Å². The van der Waals surface area contributed by atoms with Crippen molar-refractivity contribution in [2.75, 3.05) is 12.3 Å². The van der Waals surface area contributed by atoms with E-state index < -0.39 is 9.84 Å². The maximum absolute atomic E-state index is 11.7. The van der Waals surface area contributed by atoms with Crippen LogP contribution in [0.3, 0.4) is 0 Å². The summed E-state index contributed by atoms with van der Waals surface area (Å²) in [5, 5.41) is 3.23. The molecule has 0 aromatic heterocycles. The summed E-state index contributed by atoms with van der Waals surface area (Å²) < 4.78 is 23.5. The highest BCUT2D eigenvalue weighted by Gasteiger charge is 2.33. The first kappa shape index (κ1) is 9.46. The summed E-state index contributed by atoms with van der Waals surface area (Å²) in [6.07, 6.45) is 5.06. The predicted octanol–water partition coefficient (Wildman–Crippen LogP) is 0.706. The minimum atomic E-state index is -2.77. The lowest BCUT2D eigenvalue weighted by atomic mass is 10.00. The van der Waals surface area contributed by atoms with Gasteiger partial charge in [0.1, 0.15) is 0 Å². The Morgan fingerprint density at radius 1 is 1.15 bits per heavy atom. The molecule has 0 spiro atoms. The van der Waals surface area contributed by atoms with Crippen molar-refractivity contribution in [3.05, 3.63) is 0 Å². The summed E-state index contributed by atoms with van der Waals surface area (Å²) in [7, 11) is -2.77. The van der Waals surface area contributed by atoms with E-state index in [1.807, 2.05) is 0 Å². The van der Waals surface area contributed by atoms with Gasteiger partial charge in [0, 0.05) is 6.04 Å². The molecule has 0 bridgehead atoms. The first-order valence-electron chi connectivity index (χ1n) is 5.13. The Morgan fingerprint density at radius 3 is 2.38 bits per heavy atom. The summed E-state index contributed by atoms with van der Waals surface area (Å²) in [5.74, 6) is 0.373. The largest absolute Gasteiger partial charge is 0.313 e. The molecule has 2 fully saturated rings. The molecule has 1 saturated carbocycles. The van der Waals surface area contributed by atoms with E-state index in [1.165, 1.54) is 0 Å². The van der Waals surface area contributed by atoms with Gasteiger partial charge in [-0.25, -0.2) is 8.42 Å². The molecule has 76 valence electrons. The third-order valence-electron chi connectivity index (χ3n) is 3.16. The lowest BCUT2D eigenvalue weighted by Crippen LogP contribution is -2.37. The zero-order valence-corrected chi connectivity index (χ0v) is 8.65. The normalized spacial score (nSPS) is 30.3. The van der Waals surface area contributed by atoms with E-state index >= 15 is 0 Å². The van der Waals surface area contributed by atoms with E-state index in [1.54, 1.807) is 0 Å². The summed E-state index contributed by atoms with van der Waals surface area (Å²) in [6.45, 7) is 0.991. The van der Waals surface area contributed by atoms with E-state index in [-0.39, 0.29) is 11.3 Å². The van der Waals surface area contributed by atoms with Gasteiger partial charge >= 0.3 is 0 Å². The molecule has 0 aromatic carbocycles. The van der Waals surface area contributed by atoms with E-state index in [9.17, 15) is 8.42 Å². The van der Waals surface area contributed by atoms with Gasteiger partial charge in [-0.05, 0) is 32.2 Å². The molecule has 0 radical (unpaired) electrons. The van der Waals surface area contributed by atoms with Crippen molar-refractivity contribution in [3.8, 4) is 0 Å². The maximum atomic E-state index is 11.7. The summed E-state index contributed by atoms with van der Waals surface area (Å²) in [5.41, 5.74) is 0. The van der Waals surface area contributed by atoms with Crippen molar-refractivity contribution < 1.29 is 8.42 Å². The lowest BCUT2D eigenvalue weighted by Gasteiger charge is -2.26. The summed E-state index contributed by atoms with van der Waals surface area (Å²) in [4.78, 5) is 0. The number of rotatable bonds is 3. The molecule has 1 aliphatic carbocycles. The Balaban J connectivity index is 1.91. The van der Waals surface area contributed by atoms with Gasteiger partial charge in [0.25, 0.3) is 0 Å². The average Bonchev–Trinajstić information content (AvgIpc) is 2.32. The Kier molecular flexibility index (Phi) is 2.60. The van der Waals surface area contributed by atoms with E-state index in [0.29, 0.717) is 5.75 Å². The Labute approximate surface area is 79.8 Å². The molecule has 1 atom stereocenters. The minimum Gasteiger partial charge on any atom is -0.313 e. The third kappa shape index (κ3) is 2.05. The van der Waals surface area contributed by atoms with Gasteiger partial charge in [-0.2, -0.15) is 0 Å². The Morgan fingerprint density at radius 2 is 1.92 bits per heavy atom. The smallest absolute Gasteiger partial charge is 0.154 e. The van der Waals surface area contributed by atoms with Gasteiger partial charge in [-0.3, -0.25) is 0 Å². The number of nitrogens with one attached hydrogen (secondary N) is 1. The number of sulfone groups is 1. The first-order valence-corrected chi connectivity index (χ1v) is 6.85. The van der Waals surface area contributed by atoms with Crippen LogP contribution in [0.15, 0.2) is 0 Å². The van der Waals surface area contributed by atoms with Crippen LogP contribution in [0.25, 0.3) is 0 Å². The van der Waals surface area contributed by atoms with Crippen molar-refractivity contribution in [3.63, 3.8) is 0 Å². The van der Waals surface area contributed by atoms with Crippen molar-refractivity contribution in [1.82, 2.24) is 5.32 Å². The second-order valence-electron chi connectivity index (χ2n) is 4.18. The quantitative estimate of drug-likeness (QED) is 0.734. The molecular formula is C9H17NO2S. The topological polar surface area (TPSA) is 46.2 Å². The van der Waals surface area contributed by atoms with Crippen LogP contribution in [0, 0.1) is 0 Å². The SMILES string of the molecule is O=S(=O)(CC1CCCN1)C1CCC1. The molecule has 3 nitrogen and oxygen atoms in total. The van der Waals surface area contributed by atoms with Crippen molar-refractivity contribution in [1.29, 1.82) is 0 Å². The van der Waals surface area contributed by atoms with E-state index in [2.05, 4.69) is 5.32 Å². The van der Waals surface area contributed by atoms with Gasteiger partial charge in [-0.15, -0.1) is 0 Å². The van der Waals surface area contributed by atoms with Crippen LogP contribution in [0.5, 0.6) is 0 Å². The zero-order chi connectivity index (χ0) is 9.31. The highest BCUT2D eigenvalue weighted by atomic mass is 32.2. The lowest BCUT2D eigenvalue weighted by molar-refractivity contribution is 0.472. The third-order valence-corrected chi connectivity index (χ3v) is 5.51. The van der Waals surface area contributed by atoms with Crippen molar-refractivity contribution >= 4 is 9.84 Å². The van der Waals surface area contributed by atoms with Crippen molar-refractivity contribution in [2.45, 2.75) is 43.4 Å². The highest BCUT2D eigenvalue weighted by molar-refractivity contribution is 7.92. The molecule has 1 saturated heterocycles. The molecular weight excluding hydrogens is 186 g/mol. The van der Waals surface area contributed by atoms with Crippen LogP contribution in [-0.4, -0.2) is 32.0 Å². The molecule has 2 rings (SSSR count). The second kappa shape index (κ2) is 3.58. The average molecular weight is 203 g/mol. The fraction of sp³-hybridized carbons (Fsp3) is 1.00. The molecule has 1 heterocycles. The summed E-state index contributed by atoms with van der Waals surface area (Å²) >= 11 is 0. The Bertz CT molecular complexity index is 263. The van der Waals surface area contributed by atoms with Gasteiger partial charge < -0.3 is 5.32 Å². The molecule has 0 amide bonds. The highest BCUT2D eigenvalue weighted by Crippen LogP contribution is 2.27. The van der Waals surface area contributed by atoms with Crippen molar-refractivity contribution in [2.24, 2.45) is 0 Å². The first-order chi connectivity index (χ1) is 6.18. The monoisotopic (exact) mass is 203 g/mol. The van der Waals surface area contributed by atoms with Crippen LogP contribution < -0.4 is 5.32 Å². The van der Waals surface area contributed by atoms with Crippen LogP contribution in [0.4, 0.5) is 0 Å².